The molecule has 0 saturated carbocycles. The molecule has 0 radical (unpaired) electrons. The molecule has 0 bridgehead atoms. The van der Waals surface area contributed by atoms with Gasteiger partial charge < -0.3 is 15.7 Å². The highest BCUT2D eigenvalue weighted by atomic mass is 16.4. The van der Waals surface area contributed by atoms with Crippen molar-refractivity contribution in [1.82, 2.24) is 4.90 Å². The van der Waals surface area contributed by atoms with Gasteiger partial charge in [0.15, 0.2) is 0 Å². The molecule has 1 heterocycles. The van der Waals surface area contributed by atoms with Gasteiger partial charge in [0.1, 0.15) is 5.54 Å². The molecule has 4 nitrogen and oxygen atoms in total. The highest BCUT2D eigenvalue weighted by Crippen LogP contribution is 2.20. The van der Waals surface area contributed by atoms with Crippen LogP contribution >= 0.6 is 0 Å². The van der Waals surface area contributed by atoms with Crippen LogP contribution < -0.4 is 5.73 Å². The minimum Gasteiger partial charge on any atom is -0.480 e. The zero-order valence-electron chi connectivity index (χ0n) is 12.5. The number of hydrogen-bond acceptors (Lipinski definition) is 3. The molecule has 0 spiro atoms. The van der Waals surface area contributed by atoms with Gasteiger partial charge in [0.05, 0.1) is 0 Å². The third-order valence-electron chi connectivity index (χ3n) is 4.35. The maximum Gasteiger partial charge on any atom is 0.323 e. The molecule has 1 saturated heterocycles. The van der Waals surface area contributed by atoms with Crippen molar-refractivity contribution in [2.24, 2.45) is 5.73 Å². The Hall–Kier alpha value is -0.610. The molecule has 0 aromatic heterocycles. The van der Waals surface area contributed by atoms with Crippen molar-refractivity contribution in [3.8, 4) is 0 Å². The van der Waals surface area contributed by atoms with E-state index in [4.69, 9.17) is 10.8 Å². The maximum atomic E-state index is 10.9. The molecule has 1 fully saturated rings. The van der Waals surface area contributed by atoms with Gasteiger partial charge >= 0.3 is 5.97 Å². The minimum atomic E-state index is -1.07. The summed E-state index contributed by atoms with van der Waals surface area (Å²) in [4.78, 5) is 13.5. The molecule has 1 aliphatic rings. The summed E-state index contributed by atoms with van der Waals surface area (Å²) in [6, 6.07) is 0.728. The van der Waals surface area contributed by atoms with E-state index in [9.17, 15) is 4.79 Å². The van der Waals surface area contributed by atoms with Gasteiger partial charge in [-0.1, -0.05) is 19.8 Å². The van der Waals surface area contributed by atoms with Gasteiger partial charge in [0, 0.05) is 6.04 Å². The van der Waals surface area contributed by atoms with E-state index in [-0.39, 0.29) is 0 Å². The average Bonchev–Trinajstić information content (AvgIpc) is 2.59. The fourth-order valence-corrected chi connectivity index (χ4v) is 2.91. The number of carbonyl (C=O) groups is 1. The zero-order valence-corrected chi connectivity index (χ0v) is 12.5. The molecule has 2 atom stereocenters. The molecule has 0 amide bonds. The monoisotopic (exact) mass is 270 g/mol. The summed E-state index contributed by atoms with van der Waals surface area (Å²) in [5.41, 5.74) is 4.68. The Kier molecular flexibility index (Phi) is 6.80. The maximum absolute atomic E-state index is 10.9. The van der Waals surface area contributed by atoms with Crippen molar-refractivity contribution in [3.63, 3.8) is 0 Å². The predicted octanol–water partition coefficient (Wildman–Crippen LogP) is 2.61. The normalized spacial score (nSPS) is 24.7. The summed E-state index contributed by atoms with van der Waals surface area (Å²) in [7, 11) is 0. The van der Waals surface area contributed by atoms with Gasteiger partial charge in [-0.15, -0.1) is 0 Å². The molecule has 4 heteroatoms. The number of nitrogens with zero attached hydrogens (tertiary/aromatic N) is 1. The Labute approximate surface area is 117 Å². The number of nitrogens with two attached hydrogens (primary N) is 1. The summed E-state index contributed by atoms with van der Waals surface area (Å²) in [6.07, 6.45) is 9.07. The Morgan fingerprint density at radius 2 is 2.11 bits per heavy atom. The Bertz CT molecular complexity index is 279. The molecule has 3 N–H and O–H groups in total. The fourth-order valence-electron chi connectivity index (χ4n) is 2.91. The van der Waals surface area contributed by atoms with Gasteiger partial charge in [-0.25, -0.2) is 0 Å². The van der Waals surface area contributed by atoms with Crippen molar-refractivity contribution in [1.29, 1.82) is 0 Å². The van der Waals surface area contributed by atoms with Crippen LogP contribution in [0.3, 0.4) is 0 Å². The van der Waals surface area contributed by atoms with Crippen LogP contribution in [0.2, 0.25) is 0 Å². The van der Waals surface area contributed by atoms with Crippen LogP contribution in [-0.2, 0) is 4.79 Å². The van der Waals surface area contributed by atoms with E-state index in [1.165, 1.54) is 38.6 Å². The van der Waals surface area contributed by atoms with Crippen molar-refractivity contribution >= 4 is 5.97 Å². The number of carboxylic acid groups (broad SMARTS) is 1. The lowest BCUT2D eigenvalue weighted by molar-refractivity contribution is -0.142. The predicted molar refractivity (Wildman–Crippen MR) is 78.2 cm³/mol. The lowest BCUT2D eigenvalue weighted by Gasteiger charge is -2.29. The van der Waals surface area contributed by atoms with Crippen molar-refractivity contribution < 1.29 is 9.90 Å². The highest BCUT2D eigenvalue weighted by Gasteiger charge is 2.27. The topological polar surface area (TPSA) is 66.6 Å². The number of likely N-dealkylation sites (tertiary alicyclic amines) is 1. The number of unbranched alkanes of at least 4 members (excludes halogenated alkanes) is 1. The van der Waals surface area contributed by atoms with Crippen LogP contribution in [0.15, 0.2) is 0 Å². The zero-order chi connectivity index (χ0) is 14.3. The van der Waals surface area contributed by atoms with E-state index in [2.05, 4.69) is 11.8 Å². The van der Waals surface area contributed by atoms with Crippen LogP contribution in [0, 0.1) is 0 Å². The molecular weight excluding hydrogens is 240 g/mol. The molecule has 1 aliphatic heterocycles. The Morgan fingerprint density at radius 3 is 2.74 bits per heavy atom. The second-order valence-corrected chi connectivity index (χ2v) is 6.13. The lowest BCUT2D eigenvalue weighted by atomic mass is 9.96. The number of aliphatic carboxylic acids is 1. The first kappa shape index (κ1) is 16.4. The smallest absolute Gasteiger partial charge is 0.323 e. The van der Waals surface area contributed by atoms with Gasteiger partial charge in [-0.2, -0.15) is 0 Å². The average molecular weight is 270 g/mol. The van der Waals surface area contributed by atoms with Gasteiger partial charge in [-0.3, -0.25) is 4.79 Å². The van der Waals surface area contributed by atoms with E-state index in [0.29, 0.717) is 6.42 Å². The summed E-state index contributed by atoms with van der Waals surface area (Å²) >= 11 is 0. The third-order valence-corrected chi connectivity index (χ3v) is 4.35. The van der Waals surface area contributed by atoms with Gasteiger partial charge in [0.2, 0.25) is 0 Å². The van der Waals surface area contributed by atoms with E-state index in [1.54, 1.807) is 6.92 Å². The van der Waals surface area contributed by atoms with Crippen molar-refractivity contribution in [3.05, 3.63) is 0 Å². The van der Waals surface area contributed by atoms with Crippen LogP contribution in [0.4, 0.5) is 0 Å². The SMILES string of the molecule is CCC1CCCCCN1CCCCC(C)(N)C(=O)O. The molecule has 1 rings (SSSR count). The minimum absolute atomic E-state index is 0.562. The summed E-state index contributed by atoms with van der Waals surface area (Å²) in [6.45, 7) is 6.17. The lowest BCUT2D eigenvalue weighted by Crippen LogP contribution is -2.44. The Morgan fingerprint density at radius 1 is 1.37 bits per heavy atom. The van der Waals surface area contributed by atoms with Gasteiger partial charge in [0.25, 0.3) is 0 Å². The third kappa shape index (κ3) is 5.49. The second-order valence-electron chi connectivity index (χ2n) is 6.13. The quantitative estimate of drug-likeness (QED) is 0.698. The van der Waals surface area contributed by atoms with Crippen LogP contribution in [0.1, 0.15) is 65.2 Å². The standard InChI is InChI=1S/C15H30N2O2/c1-3-13-9-5-4-7-11-17(13)12-8-6-10-15(2,16)14(18)19/h13H,3-12,16H2,1-2H3,(H,18,19). The summed E-state index contributed by atoms with van der Waals surface area (Å²) in [5, 5.41) is 8.97. The molecule has 0 aromatic carbocycles. The van der Waals surface area contributed by atoms with Crippen LogP contribution in [-0.4, -0.2) is 40.6 Å². The molecule has 19 heavy (non-hydrogen) atoms. The first-order valence-corrected chi connectivity index (χ1v) is 7.73. The van der Waals surface area contributed by atoms with Gasteiger partial charge in [-0.05, 0) is 58.5 Å². The highest BCUT2D eigenvalue weighted by molar-refractivity contribution is 5.77. The van der Waals surface area contributed by atoms with E-state index in [1.807, 2.05) is 0 Å². The molecule has 112 valence electrons. The van der Waals surface area contributed by atoms with Crippen LogP contribution in [0.25, 0.3) is 0 Å². The Balaban J connectivity index is 2.29. The molecule has 0 aromatic rings. The number of rotatable bonds is 7. The summed E-state index contributed by atoms with van der Waals surface area (Å²) in [5.74, 6) is -0.895. The van der Waals surface area contributed by atoms with E-state index < -0.39 is 11.5 Å². The molecular formula is C15H30N2O2. The molecule has 0 aliphatic carbocycles. The van der Waals surface area contributed by atoms with Crippen molar-refractivity contribution in [2.75, 3.05) is 13.1 Å². The van der Waals surface area contributed by atoms with Crippen LogP contribution in [0.5, 0.6) is 0 Å². The summed E-state index contributed by atoms with van der Waals surface area (Å²) < 4.78 is 0. The van der Waals surface area contributed by atoms with E-state index >= 15 is 0 Å². The fraction of sp³-hybridized carbons (Fsp3) is 0.933. The largest absolute Gasteiger partial charge is 0.480 e. The number of hydrogen-bond donors (Lipinski definition) is 2. The number of carboxylic acids is 1. The van der Waals surface area contributed by atoms with Crippen molar-refractivity contribution in [2.45, 2.75) is 76.8 Å². The van der Waals surface area contributed by atoms with E-state index in [0.717, 1.165) is 25.4 Å². The first-order valence-electron chi connectivity index (χ1n) is 7.73. The second kappa shape index (κ2) is 7.85. The first-order chi connectivity index (χ1) is 8.97. The molecule has 2 unspecified atom stereocenters.